The minimum absolute atomic E-state index is 0.246. The van der Waals surface area contributed by atoms with Crippen LogP contribution in [0.4, 0.5) is 22.1 Å². The molecule has 2 aliphatic heterocycles. The van der Waals surface area contributed by atoms with Crippen LogP contribution in [0.25, 0.3) is 0 Å². The number of piperidine rings is 1. The van der Waals surface area contributed by atoms with Crippen molar-refractivity contribution in [3.05, 3.63) is 41.2 Å². The van der Waals surface area contributed by atoms with E-state index in [1.807, 2.05) is 39.0 Å². The van der Waals surface area contributed by atoms with E-state index in [1.165, 1.54) is 0 Å². The molecule has 0 bridgehead atoms. The van der Waals surface area contributed by atoms with Crippen molar-refractivity contribution in [1.29, 1.82) is 5.26 Å². The van der Waals surface area contributed by atoms with Crippen molar-refractivity contribution in [3.63, 3.8) is 0 Å². The lowest BCUT2D eigenvalue weighted by Gasteiger charge is -2.33. The minimum Gasteiger partial charge on any atom is -0.444 e. The van der Waals surface area contributed by atoms with Gasteiger partial charge in [-0.3, -0.25) is 0 Å². The van der Waals surface area contributed by atoms with E-state index in [9.17, 15) is 15.2 Å². The highest BCUT2D eigenvalue weighted by Crippen LogP contribution is 2.29. The summed E-state index contributed by atoms with van der Waals surface area (Å²) in [6, 6.07) is 8.17. The number of aliphatic hydroxyl groups is 1. The molecule has 2 aromatic rings. The molecule has 0 radical (unpaired) electrons. The molecule has 2 aliphatic rings. The van der Waals surface area contributed by atoms with Crippen LogP contribution in [0.2, 0.25) is 0 Å². The standard InChI is InChI=1S/C25H32N6O3/c1-25(2,3)34-24(33)31-11-7-18-15-27-23(29-21(18)16-31)28-19-4-5-22(17(14-19)6-10-26)30-12-8-20(32)9-13-30/h4-5,14-15,20,32H,6-9,11-13,16H2,1-3H3,(H,27,28,29). The Morgan fingerprint density at radius 2 is 2.06 bits per heavy atom. The molecule has 2 N–H and O–H groups in total. The van der Waals surface area contributed by atoms with Gasteiger partial charge in [-0.1, -0.05) is 0 Å². The zero-order valence-corrected chi connectivity index (χ0v) is 20.0. The van der Waals surface area contributed by atoms with Crippen LogP contribution in [-0.4, -0.2) is 57.4 Å². The number of nitriles is 1. The van der Waals surface area contributed by atoms with Gasteiger partial charge < -0.3 is 25.0 Å². The molecule has 34 heavy (non-hydrogen) atoms. The predicted octanol–water partition coefficient (Wildman–Crippen LogP) is 3.54. The van der Waals surface area contributed by atoms with E-state index in [0.717, 1.165) is 54.1 Å². The predicted molar refractivity (Wildman–Crippen MR) is 129 cm³/mol. The summed E-state index contributed by atoms with van der Waals surface area (Å²) in [6.07, 6.45) is 3.66. The number of nitrogens with zero attached hydrogens (tertiary/aromatic N) is 5. The fraction of sp³-hybridized carbons (Fsp3) is 0.520. The van der Waals surface area contributed by atoms with Crippen molar-refractivity contribution >= 4 is 23.4 Å². The van der Waals surface area contributed by atoms with Crippen molar-refractivity contribution < 1.29 is 14.6 Å². The first-order chi connectivity index (χ1) is 16.2. The first-order valence-electron chi connectivity index (χ1n) is 11.7. The van der Waals surface area contributed by atoms with Gasteiger partial charge in [0.15, 0.2) is 0 Å². The van der Waals surface area contributed by atoms with Gasteiger partial charge in [0, 0.05) is 37.2 Å². The van der Waals surface area contributed by atoms with E-state index in [-0.39, 0.29) is 12.2 Å². The van der Waals surface area contributed by atoms with Gasteiger partial charge in [0.25, 0.3) is 0 Å². The van der Waals surface area contributed by atoms with E-state index in [2.05, 4.69) is 26.3 Å². The summed E-state index contributed by atoms with van der Waals surface area (Å²) in [6.45, 7) is 8.06. The highest BCUT2D eigenvalue weighted by atomic mass is 16.6. The number of fused-ring (bicyclic) bond motifs is 1. The number of anilines is 3. The molecular weight excluding hydrogens is 432 g/mol. The molecule has 0 spiro atoms. The lowest BCUT2D eigenvalue weighted by Crippen LogP contribution is -2.40. The molecule has 1 fully saturated rings. The number of hydrogen-bond acceptors (Lipinski definition) is 8. The molecule has 180 valence electrons. The molecule has 0 aliphatic carbocycles. The zero-order valence-electron chi connectivity index (χ0n) is 20.0. The van der Waals surface area contributed by atoms with Crippen LogP contribution in [0.15, 0.2) is 24.4 Å². The summed E-state index contributed by atoms with van der Waals surface area (Å²) < 4.78 is 5.51. The Morgan fingerprint density at radius 1 is 1.29 bits per heavy atom. The van der Waals surface area contributed by atoms with Crippen molar-refractivity contribution in [1.82, 2.24) is 14.9 Å². The van der Waals surface area contributed by atoms with Crippen molar-refractivity contribution in [2.24, 2.45) is 0 Å². The quantitative estimate of drug-likeness (QED) is 0.706. The number of nitrogens with one attached hydrogen (secondary N) is 1. The number of rotatable bonds is 4. The SMILES string of the molecule is CC(C)(C)OC(=O)N1CCc2cnc(Nc3ccc(N4CCC(O)CC4)c(CC#N)c3)nc2C1. The van der Waals surface area contributed by atoms with Crippen LogP contribution < -0.4 is 10.2 Å². The Labute approximate surface area is 200 Å². The Morgan fingerprint density at radius 3 is 2.76 bits per heavy atom. The maximum atomic E-state index is 12.5. The van der Waals surface area contributed by atoms with E-state index in [1.54, 1.807) is 11.1 Å². The maximum absolute atomic E-state index is 12.5. The summed E-state index contributed by atoms with van der Waals surface area (Å²) >= 11 is 0. The van der Waals surface area contributed by atoms with E-state index >= 15 is 0 Å². The van der Waals surface area contributed by atoms with Crippen LogP contribution in [0.5, 0.6) is 0 Å². The zero-order chi connectivity index (χ0) is 24.3. The molecule has 1 aromatic carbocycles. The van der Waals surface area contributed by atoms with Gasteiger partial charge in [-0.2, -0.15) is 5.26 Å². The molecule has 9 heteroatoms. The fourth-order valence-electron chi connectivity index (χ4n) is 4.28. The molecule has 1 saturated heterocycles. The summed E-state index contributed by atoms with van der Waals surface area (Å²) in [5.41, 5.74) is 4.03. The van der Waals surface area contributed by atoms with Crippen molar-refractivity contribution in [2.45, 2.75) is 64.7 Å². The molecule has 1 aromatic heterocycles. The van der Waals surface area contributed by atoms with Crippen LogP contribution in [-0.2, 0) is 24.1 Å². The number of aromatic nitrogens is 2. The monoisotopic (exact) mass is 464 g/mol. The largest absolute Gasteiger partial charge is 0.444 e. The number of benzene rings is 1. The average Bonchev–Trinajstić information content (AvgIpc) is 2.79. The molecule has 9 nitrogen and oxygen atoms in total. The lowest BCUT2D eigenvalue weighted by atomic mass is 10.0. The minimum atomic E-state index is -0.545. The third-order valence-corrected chi connectivity index (χ3v) is 6.01. The van der Waals surface area contributed by atoms with Gasteiger partial charge in [-0.15, -0.1) is 0 Å². The van der Waals surface area contributed by atoms with Crippen LogP contribution in [0.3, 0.4) is 0 Å². The Hall–Kier alpha value is -3.38. The second-order valence-corrected chi connectivity index (χ2v) is 9.84. The second-order valence-electron chi connectivity index (χ2n) is 9.84. The maximum Gasteiger partial charge on any atom is 0.410 e. The van der Waals surface area contributed by atoms with Gasteiger partial charge in [0.1, 0.15) is 5.60 Å². The van der Waals surface area contributed by atoms with Gasteiger partial charge in [0.2, 0.25) is 5.95 Å². The average molecular weight is 465 g/mol. The summed E-state index contributed by atoms with van der Waals surface area (Å²) in [7, 11) is 0. The molecule has 3 heterocycles. The normalized spacial score (nSPS) is 16.6. The number of hydrogen-bond donors (Lipinski definition) is 2. The number of carbonyl (C=O) groups is 1. The number of amides is 1. The van der Waals surface area contributed by atoms with Crippen LogP contribution >= 0.6 is 0 Å². The number of carbonyl (C=O) groups excluding carboxylic acids is 1. The van der Waals surface area contributed by atoms with Crippen LogP contribution in [0, 0.1) is 11.3 Å². The third kappa shape index (κ3) is 5.75. The van der Waals surface area contributed by atoms with E-state index < -0.39 is 5.60 Å². The van der Waals surface area contributed by atoms with Crippen LogP contribution in [0.1, 0.15) is 50.4 Å². The van der Waals surface area contributed by atoms with Crippen molar-refractivity contribution in [2.75, 3.05) is 29.9 Å². The summed E-state index contributed by atoms with van der Waals surface area (Å²) in [5, 5.41) is 22.4. The van der Waals surface area contributed by atoms with E-state index in [4.69, 9.17) is 4.74 Å². The summed E-state index contributed by atoms with van der Waals surface area (Å²) in [5.74, 6) is 0.446. The summed E-state index contributed by atoms with van der Waals surface area (Å²) in [4.78, 5) is 25.5. The highest BCUT2D eigenvalue weighted by Gasteiger charge is 2.27. The molecule has 0 atom stereocenters. The lowest BCUT2D eigenvalue weighted by molar-refractivity contribution is 0.0220. The molecule has 1 amide bonds. The van der Waals surface area contributed by atoms with Gasteiger partial charge >= 0.3 is 6.09 Å². The molecule has 4 rings (SSSR count). The topological polar surface area (TPSA) is 115 Å². The van der Waals surface area contributed by atoms with Gasteiger partial charge in [-0.25, -0.2) is 14.8 Å². The smallest absolute Gasteiger partial charge is 0.410 e. The fourth-order valence-corrected chi connectivity index (χ4v) is 4.28. The Bertz CT molecular complexity index is 1080. The van der Waals surface area contributed by atoms with Gasteiger partial charge in [0.05, 0.1) is 30.8 Å². The first-order valence-corrected chi connectivity index (χ1v) is 11.7. The van der Waals surface area contributed by atoms with E-state index in [0.29, 0.717) is 31.9 Å². The second kappa shape index (κ2) is 9.85. The molecule has 0 unspecified atom stereocenters. The number of ether oxygens (including phenoxy) is 1. The number of aliphatic hydroxyl groups excluding tert-OH is 1. The molecular formula is C25H32N6O3. The van der Waals surface area contributed by atoms with Gasteiger partial charge in [-0.05, 0) is 69.4 Å². The Balaban J connectivity index is 1.49. The van der Waals surface area contributed by atoms with Crippen molar-refractivity contribution in [3.8, 4) is 6.07 Å². The third-order valence-electron chi connectivity index (χ3n) is 6.01. The highest BCUT2D eigenvalue weighted by molar-refractivity contribution is 5.69. The first kappa shape index (κ1) is 23.8. The molecule has 0 saturated carbocycles. The Kier molecular flexibility index (Phi) is 6.89.